The van der Waals surface area contributed by atoms with Crippen LogP contribution in [0, 0.1) is 0 Å². The highest BCUT2D eigenvalue weighted by Crippen LogP contribution is 2.23. The minimum Gasteiger partial charge on any atom is -0.388 e. The molecule has 0 spiro atoms. The highest BCUT2D eigenvalue weighted by Gasteiger charge is 2.43. The van der Waals surface area contributed by atoms with Crippen LogP contribution in [0.4, 0.5) is 0 Å². The number of hydrogen-bond acceptors (Lipinski definition) is 15. The summed E-state index contributed by atoms with van der Waals surface area (Å²) >= 11 is 0. The van der Waals surface area contributed by atoms with Gasteiger partial charge in [-0.25, -0.2) is 0 Å². The number of Topliss-reactive ketones (excluding diaryl/α,β-unsaturated/α-hetero) is 3. The van der Waals surface area contributed by atoms with Crippen molar-refractivity contribution in [3.05, 3.63) is 0 Å². The van der Waals surface area contributed by atoms with E-state index in [1.807, 2.05) is 0 Å². The molecule has 2 fully saturated rings. The smallest absolute Gasteiger partial charge is 0.219 e. The Hall–Kier alpha value is -1.96. The zero-order valence-electron chi connectivity index (χ0n) is 26.9. The van der Waals surface area contributed by atoms with Gasteiger partial charge in [0, 0.05) is 32.2 Å². The van der Waals surface area contributed by atoms with Crippen molar-refractivity contribution >= 4 is 23.3 Å². The quantitative estimate of drug-likeness (QED) is 0.0630. The van der Waals surface area contributed by atoms with Gasteiger partial charge in [0.05, 0.1) is 45.1 Å². The van der Waals surface area contributed by atoms with Crippen molar-refractivity contribution in [3.8, 4) is 0 Å². The van der Waals surface area contributed by atoms with E-state index in [0.29, 0.717) is 13.0 Å². The highest BCUT2D eigenvalue weighted by molar-refractivity contribution is 5.86. The number of aliphatic hydroxyl groups excluding tert-OH is 6. The summed E-state index contributed by atoms with van der Waals surface area (Å²) in [6, 6.07) is 0. The molecule has 0 aromatic carbocycles. The summed E-state index contributed by atoms with van der Waals surface area (Å²) in [4.78, 5) is 51.3. The molecule has 0 bridgehead atoms. The fraction of sp³-hybridized carbons (Fsp3) is 0.867. The van der Waals surface area contributed by atoms with Gasteiger partial charge in [-0.05, 0) is 40.0 Å². The molecule has 0 aromatic rings. The summed E-state index contributed by atoms with van der Waals surface area (Å²) in [6.07, 6.45) is -11.1. The molecular weight excluding hydrogens is 612 g/mol. The maximum atomic E-state index is 12.8. The number of ketones is 3. The topological polar surface area (TPSA) is 242 Å². The standard InChI is InChI=1S/C30H52N2O14/c1-4-31-22(36)11-5-8-19(33)14-32(15-20(34)9-6-12-43-29-27(41)25(39)23(37)17(2)45-29)16-21(35)10-7-13-44-30-28(42)26(40)24(38)18(3)46-30/h17-18,23-30,37-42H,4-16H2,1-3H3,(H,31,36)/t17-,18-,23+,24+,25+,26+,27-,28-,29+,30+/m0/s1. The van der Waals surface area contributed by atoms with Crippen LogP contribution in [-0.2, 0) is 38.1 Å². The van der Waals surface area contributed by atoms with Crippen molar-refractivity contribution < 1.29 is 68.8 Å². The first-order valence-corrected chi connectivity index (χ1v) is 15.9. The number of nitrogens with one attached hydrogen (secondary N) is 1. The van der Waals surface area contributed by atoms with Crippen LogP contribution in [-0.4, -0.2) is 160 Å². The van der Waals surface area contributed by atoms with Crippen molar-refractivity contribution in [2.24, 2.45) is 0 Å². The van der Waals surface area contributed by atoms with Crippen molar-refractivity contribution in [1.82, 2.24) is 10.2 Å². The molecule has 2 aliphatic rings. The maximum Gasteiger partial charge on any atom is 0.219 e. The number of carbonyl (C=O) groups is 4. The van der Waals surface area contributed by atoms with E-state index in [0.717, 1.165) is 0 Å². The molecular formula is C30H52N2O14. The highest BCUT2D eigenvalue weighted by atomic mass is 16.7. The molecule has 1 amide bonds. The molecule has 2 saturated heterocycles. The Balaban J connectivity index is 1.83. The van der Waals surface area contributed by atoms with Gasteiger partial charge in [0.25, 0.3) is 0 Å². The Labute approximate surface area is 268 Å². The lowest BCUT2D eigenvalue weighted by atomic mass is 10.00. The molecule has 266 valence electrons. The van der Waals surface area contributed by atoms with Gasteiger partial charge in [0.2, 0.25) is 5.91 Å². The first-order valence-electron chi connectivity index (χ1n) is 15.9. The van der Waals surface area contributed by atoms with E-state index < -0.39 is 61.4 Å². The lowest BCUT2D eigenvalue weighted by molar-refractivity contribution is -0.293. The van der Waals surface area contributed by atoms with Gasteiger partial charge >= 0.3 is 0 Å². The third-order valence-corrected chi connectivity index (χ3v) is 7.81. The summed E-state index contributed by atoms with van der Waals surface area (Å²) in [5.41, 5.74) is 0. The van der Waals surface area contributed by atoms with Crippen LogP contribution < -0.4 is 5.32 Å². The van der Waals surface area contributed by atoms with E-state index >= 15 is 0 Å². The third-order valence-electron chi connectivity index (χ3n) is 7.81. The van der Waals surface area contributed by atoms with Crippen molar-refractivity contribution in [3.63, 3.8) is 0 Å². The van der Waals surface area contributed by atoms with Crippen LogP contribution in [0.25, 0.3) is 0 Å². The molecule has 0 saturated carbocycles. The Morgan fingerprint density at radius 2 is 1.00 bits per heavy atom. The number of rotatable bonds is 21. The molecule has 16 nitrogen and oxygen atoms in total. The number of nitrogens with zero attached hydrogens (tertiary/aromatic N) is 1. The largest absolute Gasteiger partial charge is 0.388 e. The van der Waals surface area contributed by atoms with Crippen LogP contribution in [0.5, 0.6) is 0 Å². The monoisotopic (exact) mass is 664 g/mol. The first kappa shape index (κ1) is 40.2. The van der Waals surface area contributed by atoms with Gasteiger partial charge in [-0.15, -0.1) is 0 Å². The van der Waals surface area contributed by atoms with Gasteiger partial charge < -0.3 is 54.9 Å². The normalized spacial score (nSPS) is 31.5. The summed E-state index contributed by atoms with van der Waals surface area (Å²) in [5.74, 6) is -0.920. The summed E-state index contributed by atoms with van der Waals surface area (Å²) in [7, 11) is 0. The van der Waals surface area contributed by atoms with Crippen LogP contribution in [0.3, 0.4) is 0 Å². The summed E-state index contributed by atoms with van der Waals surface area (Å²) in [5, 5.41) is 62.2. The number of ether oxygens (including phenoxy) is 4. The second kappa shape index (κ2) is 20.4. The van der Waals surface area contributed by atoms with Crippen molar-refractivity contribution in [1.29, 1.82) is 0 Å². The molecule has 2 aliphatic heterocycles. The lowest BCUT2D eigenvalue weighted by Crippen LogP contribution is -2.57. The molecule has 0 unspecified atom stereocenters. The molecule has 0 aromatic heterocycles. The van der Waals surface area contributed by atoms with Crippen LogP contribution in [0.15, 0.2) is 0 Å². The number of carbonyl (C=O) groups excluding carboxylic acids is 4. The van der Waals surface area contributed by atoms with E-state index in [1.165, 1.54) is 18.7 Å². The predicted octanol–water partition coefficient (Wildman–Crippen LogP) is -2.45. The van der Waals surface area contributed by atoms with Gasteiger partial charge in [0.15, 0.2) is 12.6 Å². The summed E-state index contributed by atoms with van der Waals surface area (Å²) in [6.45, 7) is 4.81. The van der Waals surface area contributed by atoms with E-state index in [2.05, 4.69) is 5.32 Å². The van der Waals surface area contributed by atoms with E-state index in [9.17, 15) is 49.8 Å². The average Bonchev–Trinajstić information content (AvgIpc) is 3.00. The Morgan fingerprint density at radius 1 is 0.609 bits per heavy atom. The molecule has 10 atom stereocenters. The Morgan fingerprint density at radius 3 is 1.39 bits per heavy atom. The predicted molar refractivity (Wildman–Crippen MR) is 159 cm³/mol. The summed E-state index contributed by atoms with van der Waals surface area (Å²) < 4.78 is 21.7. The first-order chi connectivity index (χ1) is 21.7. The zero-order chi connectivity index (χ0) is 34.4. The Kier molecular flexibility index (Phi) is 17.8. The minimum atomic E-state index is -1.46. The molecule has 0 aliphatic carbocycles. The molecule has 2 rings (SSSR count). The van der Waals surface area contributed by atoms with Crippen LogP contribution in [0.1, 0.15) is 65.7 Å². The minimum absolute atomic E-state index is 0.00879. The lowest BCUT2D eigenvalue weighted by Gasteiger charge is -2.38. The van der Waals surface area contributed by atoms with E-state index in [1.54, 1.807) is 6.92 Å². The van der Waals surface area contributed by atoms with E-state index in [-0.39, 0.29) is 94.6 Å². The molecule has 2 heterocycles. The second-order valence-corrected chi connectivity index (χ2v) is 11.9. The molecule has 16 heteroatoms. The average molecular weight is 665 g/mol. The molecule has 46 heavy (non-hydrogen) atoms. The maximum absolute atomic E-state index is 12.8. The SMILES string of the molecule is CCNC(=O)CCCC(=O)CN(CC(=O)CCCO[C@@H]1O[C@@H](C)[C@@H](O)[C@@H](O)[C@@H]1O)CC(=O)CCCO[C@@H]1O[C@@H](C)[C@@H](O)[C@@H](O)[C@@H]1O. The zero-order valence-corrected chi connectivity index (χ0v) is 26.9. The van der Waals surface area contributed by atoms with Crippen LogP contribution in [0.2, 0.25) is 0 Å². The van der Waals surface area contributed by atoms with Gasteiger partial charge in [0.1, 0.15) is 54.0 Å². The third kappa shape index (κ3) is 13.3. The Bertz CT molecular complexity index is 914. The molecule has 7 N–H and O–H groups in total. The number of aliphatic hydroxyl groups is 6. The van der Waals surface area contributed by atoms with E-state index in [4.69, 9.17) is 18.9 Å². The second-order valence-electron chi connectivity index (χ2n) is 11.9. The number of hydrogen-bond donors (Lipinski definition) is 7. The van der Waals surface area contributed by atoms with Gasteiger partial charge in [-0.2, -0.15) is 0 Å². The fourth-order valence-electron chi connectivity index (χ4n) is 5.12. The van der Waals surface area contributed by atoms with Crippen molar-refractivity contribution in [2.75, 3.05) is 39.4 Å². The van der Waals surface area contributed by atoms with Gasteiger partial charge in [-0.1, -0.05) is 0 Å². The van der Waals surface area contributed by atoms with Crippen LogP contribution >= 0.6 is 0 Å². The molecule has 0 radical (unpaired) electrons. The van der Waals surface area contributed by atoms with Gasteiger partial charge in [-0.3, -0.25) is 24.1 Å². The fourth-order valence-corrected chi connectivity index (χ4v) is 5.12. The van der Waals surface area contributed by atoms with Crippen molar-refractivity contribution in [2.45, 2.75) is 127 Å². The number of amides is 1.